The lowest BCUT2D eigenvalue weighted by Crippen LogP contribution is -2.55. The van der Waals surface area contributed by atoms with Gasteiger partial charge in [0.1, 0.15) is 5.60 Å². The van der Waals surface area contributed by atoms with E-state index in [0.717, 1.165) is 19.3 Å². The first-order valence-corrected chi connectivity index (χ1v) is 5.21. The number of methoxy groups -OCH3 is 1. The van der Waals surface area contributed by atoms with E-state index in [1.807, 2.05) is 0 Å². The van der Waals surface area contributed by atoms with Gasteiger partial charge in [0.25, 0.3) is 0 Å². The van der Waals surface area contributed by atoms with Gasteiger partial charge < -0.3 is 20.3 Å². The summed E-state index contributed by atoms with van der Waals surface area (Å²) in [4.78, 5) is 10.6. The van der Waals surface area contributed by atoms with Crippen LogP contribution in [0.15, 0.2) is 0 Å². The van der Waals surface area contributed by atoms with Crippen LogP contribution < -0.4 is 5.73 Å². The summed E-state index contributed by atoms with van der Waals surface area (Å²) in [5, 5.41) is 8.72. The van der Waals surface area contributed by atoms with Crippen molar-refractivity contribution < 1.29 is 19.4 Å². The third-order valence-electron chi connectivity index (χ3n) is 2.84. The largest absolute Gasteiger partial charge is 0.481 e. The zero-order valence-electron chi connectivity index (χ0n) is 9.07. The van der Waals surface area contributed by atoms with Crippen molar-refractivity contribution in [1.29, 1.82) is 0 Å². The van der Waals surface area contributed by atoms with E-state index in [1.165, 1.54) is 0 Å². The third kappa shape index (κ3) is 3.15. The Morgan fingerprint density at radius 1 is 1.67 bits per heavy atom. The van der Waals surface area contributed by atoms with Crippen molar-refractivity contribution in [2.75, 3.05) is 20.3 Å². The summed E-state index contributed by atoms with van der Waals surface area (Å²) in [6.45, 7) is 0.998. The van der Waals surface area contributed by atoms with E-state index in [4.69, 9.17) is 20.3 Å². The van der Waals surface area contributed by atoms with Crippen LogP contribution in [0.25, 0.3) is 0 Å². The molecule has 0 amide bonds. The number of carboxylic acids is 1. The van der Waals surface area contributed by atoms with Gasteiger partial charge in [-0.2, -0.15) is 0 Å². The van der Waals surface area contributed by atoms with Crippen LogP contribution in [-0.2, 0) is 14.3 Å². The highest BCUT2D eigenvalue weighted by molar-refractivity contribution is 5.67. The van der Waals surface area contributed by atoms with Crippen molar-refractivity contribution in [2.45, 2.75) is 37.3 Å². The van der Waals surface area contributed by atoms with Crippen molar-refractivity contribution >= 4 is 5.97 Å². The Bertz CT molecular complexity index is 208. The average Bonchev–Trinajstić information content (AvgIpc) is 2.18. The second-order valence-corrected chi connectivity index (χ2v) is 4.01. The molecule has 0 aromatic carbocycles. The molecule has 0 spiro atoms. The quantitative estimate of drug-likeness (QED) is 0.695. The fraction of sp³-hybridized carbons (Fsp3) is 0.900. The summed E-state index contributed by atoms with van der Waals surface area (Å²) in [6, 6.07) is -0.504. The average molecular weight is 217 g/mol. The molecule has 1 fully saturated rings. The maximum Gasteiger partial charge on any atom is 0.305 e. The van der Waals surface area contributed by atoms with Crippen LogP contribution >= 0.6 is 0 Å². The number of rotatable bonds is 5. The van der Waals surface area contributed by atoms with Crippen LogP contribution in [0.4, 0.5) is 0 Å². The zero-order valence-corrected chi connectivity index (χ0v) is 9.07. The molecule has 0 aliphatic carbocycles. The molecule has 1 rings (SSSR count). The minimum Gasteiger partial charge on any atom is -0.481 e. The van der Waals surface area contributed by atoms with Crippen molar-refractivity contribution in [3.8, 4) is 0 Å². The molecule has 3 N–H and O–H groups in total. The zero-order chi connectivity index (χ0) is 11.3. The van der Waals surface area contributed by atoms with E-state index in [-0.39, 0.29) is 6.42 Å². The molecular weight excluding hydrogens is 198 g/mol. The molecule has 1 saturated heterocycles. The van der Waals surface area contributed by atoms with Gasteiger partial charge >= 0.3 is 5.97 Å². The summed E-state index contributed by atoms with van der Waals surface area (Å²) < 4.78 is 10.7. The van der Waals surface area contributed by atoms with Crippen LogP contribution in [0.5, 0.6) is 0 Å². The SMILES string of the molecule is COCC1(C(N)CC(=O)O)CCCCO1. The van der Waals surface area contributed by atoms with Crippen LogP contribution in [0.2, 0.25) is 0 Å². The Labute approximate surface area is 89.5 Å². The molecule has 1 aliphatic heterocycles. The normalized spacial score (nSPS) is 28.7. The van der Waals surface area contributed by atoms with Gasteiger partial charge in [-0.15, -0.1) is 0 Å². The molecule has 1 aliphatic rings. The molecule has 88 valence electrons. The van der Waals surface area contributed by atoms with Gasteiger partial charge in [-0.05, 0) is 19.3 Å². The lowest BCUT2D eigenvalue weighted by molar-refractivity contribution is -0.149. The topological polar surface area (TPSA) is 81.8 Å². The molecule has 5 nitrogen and oxygen atoms in total. The summed E-state index contributed by atoms with van der Waals surface area (Å²) in [5.41, 5.74) is 5.28. The minimum absolute atomic E-state index is 0.0800. The predicted octanol–water partition coefficient (Wildman–Crippen LogP) is 0.374. The molecule has 0 aromatic heterocycles. The molecule has 0 radical (unpaired) electrons. The van der Waals surface area contributed by atoms with Crippen molar-refractivity contribution in [1.82, 2.24) is 0 Å². The molecule has 1 heterocycles. The van der Waals surface area contributed by atoms with Crippen LogP contribution in [0.3, 0.4) is 0 Å². The van der Waals surface area contributed by atoms with Crippen LogP contribution in [-0.4, -0.2) is 43.0 Å². The first-order chi connectivity index (χ1) is 7.10. The summed E-state index contributed by atoms with van der Waals surface area (Å²) in [7, 11) is 1.58. The Kier molecular flexibility index (Phi) is 4.50. The van der Waals surface area contributed by atoms with E-state index in [1.54, 1.807) is 7.11 Å². The van der Waals surface area contributed by atoms with Gasteiger partial charge in [-0.3, -0.25) is 4.79 Å². The number of hydrogen-bond acceptors (Lipinski definition) is 4. The summed E-state index contributed by atoms with van der Waals surface area (Å²) in [6.07, 6.45) is 2.71. The lowest BCUT2D eigenvalue weighted by atomic mass is 9.86. The minimum atomic E-state index is -0.896. The Morgan fingerprint density at radius 2 is 2.40 bits per heavy atom. The standard InChI is InChI=1S/C10H19NO4/c1-14-7-10(4-2-3-5-15-10)8(11)6-9(12)13/h8H,2-7,11H2,1H3,(H,12,13). The fourth-order valence-electron chi connectivity index (χ4n) is 2.01. The van der Waals surface area contributed by atoms with Crippen molar-refractivity contribution in [3.05, 3.63) is 0 Å². The number of hydrogen-bond donors (Lipinski definition) is 2. The molecule has 2 unspecified atom stereocenters. The van der Waals surface area contributed by atoms with E-state index in [2.05, 4.69) is 0 Å². The molecule has 5 heteroatoms. The maximum absolute atomic E-state index is 10.6. The molecule has 2 atom stereocenters. The smallest absolute Gasteiger partial charge is 0.305 e. The van der Waals surface area contributed by atoms with Gasteiger partial charge in [0.15, 0.2) is 0 Å². The number of carboxylic acid groups (broad SMARTS) is 1. The molecule has 0 aromatic rings. The summed E-state index contributed by atoms with van der Waals surface area (Å²) in [5.74, 6) is -0.896. The molecule has 15 heavy (non-hydrogen) atoms. The van der Waals surface area contributed by atoms with Crippen LogP contribution in [0.1, 0.15) is 25.7 Å². The molecular formula is C10H19NO4. The van der Waals surface area contributed by atoms with E-state index in [9.17, 15) is 4.79 Å². The van der Waals surface area contributed by atoms with Gasteiger partial charge in [-0.25, -0.2) is 0 Å². The predicted molar refractivity (Wildman–Crippen MR) is 54.6 cm³/mol. The number of ether oxygens (including phenoxy) is 2. The molecule has 0 bridgehead atoms. The Morgan fingerprint density at radius 3 is 2.87 bits per heavy atom. The summed E-state index contributed by atoms with van der Waals surface area (Å²) >= 11 is 0. The van der Waals surface area contributed by atoms with Gasteiger partial charge in [0, 0.05) is 19.8 Å². The Balaban J connectivity index is 2.65. The van der Waals surface area contributed by atoms with Gasteiger partial charge in [0.2, 0.25) is 0 Å². The number of nitrogens with two attached hydrogens (primary N) is 1. The van der Waals surface area contributed by atoms with Gasteiger partial charge in [-0.1, -0.05) is 0 Å². The van der Waals surface area contributed by atoms with Crippen molar-refractivity contribution in [2.24, 2.45) is 5.73 Å². The fourth-order valence-corrected chi connectivity index (χ4v) is 2.01. The second-order valence-electron chi connectivity index (χ2n) is 4.01. The third-order valence-corrected chi connectivity index (χ3v) is 2.84. The van der Waals surface area contributed by atoms with E-state index < -0.39 is 17.6 Å². The number of aliphatic carboxylic acids is 1. The molecule has 0 saturated carbocycles. The Hall–Kier alpha value is -0.650. The number of carbonyl (C=O) groups is 1. The second kappa shape index (κ2) is 5.44. The lowest BCUT2D eigenvalue weighted by Gasteiger charge is -2.40. The van der Waals surface area contributed by atoms with E-state index >= 15 is 0 Å². The maximum atomic E-state index is 10.6. The van der Waals surface area contributed by atoms with Crippen molar-refractivity contribution in [3.63, 3.8) is 0 Å². The first kappa shape index (κ1) is 12.4. The van der Waals surface area contributed by atoms with E-state index in [0.29, 0.717) is 13.2 Å². The van der Waals surface area contributed by atoms with Gasteiger partial charge in [0.05, 0.1) is 13.0 Å². The first-order valence-electron chi connectivity index (χ1n) is 5.21. The monoisotopic (exact) mass is 217 g/mol. The highest BCUT2D eigenvalue weighted by Gasteiger charge is 2.40. The highest BCUT2D eigenvalue weighted by Crippen LogP contribution is 2.29. The highest BCUT2D eigenvalue weighted by atomic mass is 16.5. The van der Waals surface area contributed by atoms with Crippen LogP contribution in [0, 0.1) is 0 Å².